The fourth-order valence-corrected chi connectivity index (χ4v) is 3.69. The first-order chi connectivity index (χ1) is 14.6. The molecule has 4 rings (SSSR count). The number of aromatic nitrogens is 2. The maximum atomic E-state index is 12.6. The lowest BCUT2D eigenvalue weighted by Gasteiger charge is -2.07. The van der Waals surface area contributed by atoms with Gasteiger partial charge in [0, 0.05) is 26.9 Å². The third kappa shape index (κ3) is 4.79. The smallest absolute Gasteiger partial charge is 0.257 e. The Morgan fingerprint density at radius 3 is 2.27 bits per heavy atom. The molecule has 1 aromatic heterocycles. The van der Waals surface area contributed by atoms with Crippen molar-refractivity contribution in [2.24, 2.45) is 0 Å². The van der Waals surface area contributed by atoms with Gasteiger partial charge in [0.2, 0.25) is 5.13 Å². The van der Waals surface area contributed by atoms with Gasteiger partial charge in [0.15, 0.2) is 0 Å². The predicted molar refractivity (Wildman–Crippen MR) is 122 cm³/mol. The molecule has 0 saturated carbocycles. The van der Waals surface area contributed by atoms with Gasteiger partial charge in [0.1, 0.15) is 5.01 Å². The predicted octanol–water partition coefficient (Wildman–Crippen LogP) is 5.47. The Hall–Kier alpha value is -3.36. The van der Waals surface area contributed by atoms with Crippen molar-refractivity contribution in [1.29, 1.82) is 0 Å². The van der Waals surface area contributed by atoms with Gasteiger partial charge in [-0.2, -0.15) is 0 Å². The zero-order valence-corrected chi connectivity index (χ0v) is 17.9. The zero-order valence-electron chi connectivity index (χ0n) is 15.5. The molecule has 0 bridgehead atoms. The molecule has 0 atom stereocenters. The molecule has 0 unspecified atom stereocenters. The highest BCUT2D eigenvalue weighted by atomic mass is 79.9. The van der Waals surface area contributed by atoms with E-state index in [1.807, 2.05) is 30.3 Å². The summed E-state index contributed by atoms with van der Waals surface area (Å²) in [5, 5.41) is 14.8. The van der Waals surface area contributed by atoms with Gasteiger partial charge in [-0.1, -0.05) is 63.7 Å². The minimum absolute atomic E-state index is 0.253. The van der Waals surface area contributed by atoms with E-state index in [2.05, 4.69) is 36.8 Å². The number of carbonyl (C=O) groups excluding carboxylic acids is 2. The number of anilines is 2. The number of nitrogens with zero attached hydrogens (tertiary/aromatic N) is 2. The van der Waals surface area contributed by atoms with Crippen molar-refractivity contribution in [3.8, 4) is 10.6 Å². The molecular weight excluding hydrogens is 464 g/mol. The highest BCUT2D eigenvalue weighted by Crippen LogP contribution is 2.26. The average Bonchev–Trinajstić information content (AvgIpc) is 3.23. The molecule has 0 saturated heterocycles. The van der Waals surface area contributed by atoms with E-state index in [9.17, 15) is 9.59 Å². The van der Waals surface area contributed by atoms with E-state index < -0.39 is 0 Å². The van der Waals surface area contributed by atoms with E-state index >= 15 is 0 Å². The number of halogens is 1. The normalized spacial score (nSPS) is 10.4. The van der Waals surface area contributed by atoms with Crippen LogP contribution in [0.1, 0.15) is 20.7 Å². The van der Waals surface area contributed by atoms with Crippen LogP contribution in [0.5, 0.6) is 0 Å². The summed E-state index contributed by atoms with van der Waals surface area (Å²) in [5.74, 6) is -0.581. The third-order valence-electron chi connectivity index (χ3n) is 4.16. The molecule has 2 N–H and O–H groups in total. The van der Waals surface area contributed by atoms with Gasteiger partial charge in [-0.15, -0.1) is 10.2 Å². The van der Waals surface area contributed by atoms with Gasteiger partial charge in [-0.3, -0.25) is 14.9 Å². The van der Waals surface area contributed by atoms with Gasteiger partial charge in [-0.25, -0.2) is 0 Å². The van der Waals surface area contributed by atoms with Gasteiger partial charge < -0.3 is 5.32 Å². The SMILES string of the molecule is O=C(Nc1cccc(C(=O)Nc2nnc(-c3ccccc3)s2)c1)c1ccc(Br)cc1. The summed E-state index contributed by atoms with van der Waals surface area (Å²) in [6.45, 7) is 0. The van der Waals surface area contributed by atoms with E-state index in [1.54, 1.807) is 48.5 Å². The van der Waals surface area contributed by atoms with Crippen LogP contribution in [0, 0.1) is 0 Å². The van der Waals surface area contributed by atoms with Crippen molar-refractivity contribution in [2.75, 3.05) is 10.6 Å². The molecule has 148 valence electrons. The second kappa shape index (κ2) is 8.98. The molecule has 0 radical (unpaired) electrons. The molecule has 8 heteroatoms. The molecular formula is C22H15BrN4O2S. The Labute approximate surface area is 185 Å². The van der Waals surface area contributed by atoms with Crippen LogP contribution >= 0.6 is 27.3 Å². The van der Waals surface area contributed by atoms with Crippen LogP contribution in [0.3, 0.4) is 0 Å². The molecule has 0 spiro atoms. The Bertz CT molecular complexity index is 1190. The van der Waals surface area contributed by atoms with Crippen molar-refractivity contribution >= 4 is 49.9 Å². The Morgan fingerprint density at radius 2 is 1.50 bits per heavy atom. The molecule has 4 aromatic rings. The summed E-state index contributed by atoms with van der Waals surface area (Å²) in [7, 11) is 0. The average molecular weight is 479 g/mol. The molecule has 2 amide bonds. The van der Waals surface area contributed by atoms with E-state index in [0.29, 0.717) is 21.9 Å². The van der Waals surface area contributed by atoms with Crippen LogP contribution in [0.25, 0.3) is 10.6 Å². The topological polar surface area (TPSA) is 84.0 Å². The number of nitrogens with one attached hydrogen (secondary N) is 2. The van der Waals surface area contributed by atoms with Crippen molar-refractivity contribution < 1.29 is 9.59 Å². The van der Waals surface area contributed by atoms with Crippen LogP contribution in [0.15, 0.2) is 83.3 Å². The number of rotatable bonds is 5. The molecule has 6 nitrogen and oxygen atoms in total. The summed E-state index contributed by atoms with van der Waals surface area (Å²) in [6, 6.07) is 23.4. The number of benzene rings is 3. The maximum absolute atomic E-state index is 12.6. The minimum Gasteiger partial charge on any atom is -0.322 e. The standard InChI is InChI=1S/C22H15BrN4O2S/c23-17-11-9-14(10-12-17)19(28)24-18-8-4-7-16(13-18)20(29)25-22-27-26-21(30-22)15-5-2-1-3-6-15/h1-13H,(H,24,28)(H,25,27,29). The summed E-state index contributed by atoms with van der Waals surface area (Å²) in [5.41, 5.74) is 2.39. The summed E-state index contributed by atoms with van der Waals surface area (Å²) in [4.78, 5) is 25.0. The van der Waals surface area contributed by atoms with Gasteiger partial charge >= 0.3 is 0 Å². The fourth-order valence-electron chi connectivity index (χ4n) is 2.68. The Morgan fingerprint density at radius 1 is 0.767 bits per heavy atom. The Balaban J connectivity index is 1.44. The van der Waals surface area contributed by atoms with Crippen LogP contribution < -0.4 is 10.6 Å². The lowest BCUT2D eigenvalue weighted by Crippen LogP contribution is -2.14. The molecule has 0 fully saturated rings. The first-order valence-electron chi connectivity index (χ1n) is 8.96. The number of hydrogen-bond acceptors (Lipinski definition) is 5. The minimum atomic E-state index is -0.328. The van der Waals surface area contributed by atoms with Gasteiger partial charge in [0.05, 0.1) is 0 Å². The molecule has 3 aromatic carbocycles. The van der Waals surface area contributed by atoms with Crippen molar-refractivity contribution in [3.63, 3.8) is 0 Å². The second-order valence-electron chi connectivity index (χ2n) is 6.27. The first-order valence-corrected chi connectivity index (χ1v) is 10.6. The van der Waals surface area contributed by atoms with E-state index in [0.717, 1.165) is 15.0 Å². The summed E-state index contributed by atoms with van der Waals surface area (Å²) in [6.07, 6.45) is 0. The summed E-state index contributed by atoms with van der Waals surface area (Å²) < 4.78 is 0.893. The molecule has 0 aliphatic rings. The number of hydrogen-bond donors (Lipinski definition) is 2. The van der Waals surface area contributed by atoms with Gasteiger partial charge in [-0.05, 0) is 42.5 Å². The van der Waals surface area contributed by atoms with Crippen LogP contribution in [-0.2, 0) is 0 Å². The molecule has 1 heterocycles. The van der Waals surface area contributed by atoms with Crippen LogP contribution in [0.2, 0.25) is 0 Å². The quantitative estimate of drug-likeness (QED) is 0.398. The van der Waals surface area contributed by atoms with Crippen LogP contribution in [-0.4, -0.2) is 22.0 Å². The van der Waals surface area contributed by atoms with Crippen LogP contribution in [0.4, 0.5) is 10.8 Å². The van der Waals surface area contributed by atoms with Crippen molar-refractivity contribution in [2.45, 2.75) is 0 Å². The second-order valence-corrected chi connectivity index (χ2v) is 8.17. The number of amides is 2. The van der Waals surface area contributed by atoms with E-state index in [1.165, 1.54) is 11.3 Å². The van der Waals surface area contributed by atoms with Crippen molar-refractivity contribution in [1.82, 2.24) is 10.2 Å². The lowest BCUT2D eigenvalue weighted by molar-refractivity contribution is 0.101. The fraction of sp³-hybridized carbons (Fsp3) is 0. The van der Waals surface area contributed by atoms with E-state index in [-0.39, 0.29) is 11.8 Å². The van der Waals surface area contributed by atoms with Gasteiger partial charge in [0.25, 0.3) is 11.8 Å². The van der Waals surface area contributed by atoms with Crippen molar-refractivity contribution in [3.05, 3.63) is 94.5 Å². The first kappa shape index (κ1) is 19.9. The molecule has 30 heavy (non-hydrogen) atoms. The number of carbonyl (C=O) groups is 2. The lowest BCUT2D eigenvalue weighted by atomic mass is 10.1. The maximum Gasteiger partial charge on any atom is 0.257 e. The highest BCUT2D eigenvalue weighted by molar-refractivity contribution is 9.10. The third-order valence-corrected chi connectivity index (χ3v) is 5.57. The largest absolute Gasteiger partial charge is 0.322 e. The summed E-state index contributed by atoms with van der Waals surface area (Å²) >= 11 is 4.64. The molecule has 0 aliphatic heterocycles. The molecule has 0 aliphatic carbocycles. The Kier molecular flexibility index (Phi) is 5.97. The highest BCUT2D eigenvalue weighted by Gasteiger charge is 2.13. The van der Waals surface area contributed by atoms with E-state index in [4.69, 9.17) is 0 Å². The monoisotopic (exact) mass is 478 g/mol. The zero-order chi connectivity index (χ0) is 20.9.